The van der Waals surface area contributed by atoms with Crippen LogP contribution in [0.3, 0.4) is 0 Å². The maximum Gasteiger partial charge on any atom is 0.305 e. The average molecular weight is 235 g/mol. The quantitative estimate of drug-likeness (QED) is 0.258. The summed E-state index contributed by atoms with van der Waals surface area (Å²) in [4.78, 5) is 10.9. The van der Waals surface area contributed by atoms with Gasteiger partial charge in [-0.1, -0.05) is 18.2 Å². The number of carbonyl (C=O) groups is 1. The van der Waals surface area contributed by atoms with Gasteiger partial charge >= 0.3 is 5.97 Å². The minimum absolute atomic E-state index is 0.241. The van der Waals surface area contributed by atoms with Crippen molar-refractivity contribution in [2.45, 2.75) is 25.8 Å². The number of hydrogen-bond acceptors (Lipinski definition) is 3. The maximum absolute atomic E-state index is 11.7. The first-order valence-corrected chi connectivity index (χ1v) is 5.55. The van der Waals surface area contributed by atoms with Crippen LogP contribution in [0.1, 0.15) is 25.3 Å². The van der Waals surface area contributed by atoms with E-state index in [-0.39, 0.29) is 18.4 Å². The summed E-state index contributed by atoms with van der Waals surface area (Å²) >= 11 is 0. The topological polar surface area (TPSA) is 52.4 Å². The van der Waals surface area contributed by atoms with Gasteiger partial charge in [-0.2, -0.15) is 0 Å². The predicted octanol–water partition coefficient (Wildman–Crippen LogP) is 1.96. The molecule has 1 atom stereocenters. The molecule has 0 fully saturated rings. The highest BCUT2D eigenvalue weighted by molar-refractivity contribution is 5.75. The Balaban J connectivity index is 2.54. The van der Waals surface area contributed by atoms with Gasteiger partial charge in [-0.05, 0) is 19.1 Å². The van der Waals surface area contributed by atoms with Crippen molar-refractivity contribution in [1.82, 2.24) is 0 Å². The number of esters is 1. The molecule has 1 rings (SSSR count). The first-order chi connectivity index (χ1) is 8.13. The third kappa shape index (κ3) is 4.68. The minimum Gasteiger partial charge on any atom is -0.624 e. The molecule has 1 unspecified atom stereocenters. The molecule has 0 heterocycles. The fourth-order valence-corrected chi connectivity index (χ4v) is 1.37. The summed E-state index contributed by atoms with van der Waals surface area (Å²) in [6.45, 7) is 1.79. The van der Waals surface area contributed by atoms with E-state index < -0.39 is 0 Å². The summed E-state index contributed by atoms with van der Waals surface area (Å²) in [5.41, 5.74) is 0.854. The second-order valence-corrected chi connectivity index (χ2v) is 3.86. The molecule has 0 aliphatic carbocycles. The van der Waals surface area contributed by atoms with Crippen molar-refractivity contribution >= 4 is 12.2 Å². The van der Waals surface area contributed by atoms with Crippen LogP contribution in [0, 0.1) is 5.21 Å². The molecule has 0 N–H and O–H groups in total. The van der Waals surface area contributed by atoms with Crippen LogP contribution in [0.2, 0.25) is 0 Å². The molecule has 0 bridgehead atoms. The maximum atomic E-state index is 11.7. The normalized spacial score (nSPS) is 13.2. The monoisotopic (exact) mass is 235 g/mol. The van der Waals surface area contributed by atoms with Crippen molar-refractivity contribution in [2.24, 2.45) is 0 Å². The highest BCUT2D eigenvalue weighted by Gasteiger charge is 2.12. The Morgan fingerprint density at radius 3 is 2.71 bits per heavy atom. The van der Waals surface area contributed by atoms with Crippen molar-refractivity contribution < 1.29 is 14.3 Å². The molecule has 0 saturated heterocycles. The largest absolute Gasteiger partial charge is 0.624 e. The number of hydrogen-bond donors (Lipinski definition) is 0. The molecule has 4 heteroatoms. The number of carbonyl (C=O) groups excluding carboxylic acids is 1. The SMILES string of the molecule is COC(=O)CCC(C)/[N+]([O-])=C/c1ccccc1. The van der Waals surface area contributed by atoms with Crippen LogP contribution < -0.4 is 0 Å². The first-order valence-electron chi connectivity index (χ1n) is 5.55. The van der Waals surface area contributed by atoms with Crippen molar-refractivity contribution in [3.05, 3.63) is 41.1 Å². The molecule has 0 aliphatic heterocycles. The van der Waals surface area contributed by atoms with E-state index in [0.717, 1.165) is 10.3 Å². The summed E-state index contributed by atoms with van der Waals surface area (Å²) in [6.07, 6.45) is 2.28. The van der Waals surface area contributed by atoms with Crippen LogP contribution >= 0.6 is 0 Å². The molecule has 0 radical (unpaired) electrons. The number of ether oxygens (including phenoxy) is 1. The lowest BCUT2D eigenvalue weighted by Crippen LogP contribution is -2.20. The van der Waals surface area contributed by atoms with E-state index in [4.69, 9.17) is 0 Å². The highest BCUT2D eigenvalue weighted by atomic mass is 16.5. The fourth-order valence-electron chi connectivity index (χ4n) is 1.37. The van der Waals surface area contributed by atoms with E-state index >= 15 is 0 Å². The molecular weight excluding hydrogens is 218 g/mol. The Morgan fingerprint density at radius 2 is 2.12 bits per heavy atom. The van der Waals surface area contributed by atoms with Gasteiger partial charge in [-0.3, -0.25) is 4.79 Å². The third-order valence-electron chi connectivity index (χ3n) is 2.50. The molecule has 17 heavy (non-hydrogen) atoms. The van der Waals surface area contributed by atoms with Crippen molar-refractivity contribution in [3.8, 4) is 0 Å². The van der Waals surface area contributed by atoms with Gasteiger partial charge in [0.05, 0.1) is 13.5 Å². The van der Waals surface area contributed by atoms with Crippen LogP contribution in [0.5, 0.6) is 0 Å². The lowest BCUT2D eigenvalue weighted by atomic mass is 10.2. The van der Waals surface area contributed by atoms with Gasteiger partial charge in [0.15, 0.2) is 12.3 Å². The first kappa shape index (κ1) is 13.2. The van der Waals surface area contributed by atoms with E-state index in [1.807, 2.05) is 30.3 Å². The fraction of sp³-hybridized carbons (Fsp3) is 0.385. The summed E-state index contributed by atoms with van der Waals surface area (Å²) in [5, 5.41) is 11.7. The smallest absolute Gasteiger partial charge is 0.305 e. The van der Waals surface area contributed by atoms with Crippen molar-refractivity contribution in [3.63, 3.8) is 0 Å². The third-order valence-corrected chi connectivity index (χ3v) is 2.50. The van der Waals surface area contributed by atoms with Gasteiger partial charge in [-0.25, -0.2) is 4.74 Å². The zero-order valence-electron chi connectivity index (χ0n) is 10.1. The Hall–Kier alpha value is -1.84. The van der Waals surface area contributed by atoms with Crippen molar-refractivity contribution in [1.29, 1.82) is 0 Å². The van der Waals surface area contributed by atoms with Gasteiger partial charge in [0.25, 0.3) is 0 Å². The standard InChI is InChI=1S/C13H17NO3/c1-11(8-9-13(15)17-2)14(16)10-12-6-4-3-5-7-12/h3-7,10-11H,8-9H2,1-2H3/b14-10-. The van der Waals surface area contributed by atoms with Crippen LogP contribution in [-0.2, 0) is 9.53 Å². The van der Waals surface area contributed by atoms with E-state index in [1.54, 1.807) is 6.92 Å². The summed E-state index contributed by atoms with van der Waals surface area (Å²) in [7, 11) is 1.35. The van der Waals surface area contributed by atoms with Crippen LogP contribution in [0.25, 0.3) is 0 Å². The molecule has 0 spiro atoms. The molecule has 92 valence electrons. The lowest BCUT2D eigenvalue weighted by Gasteiger charge is -2.11. The van der Waals surface area contributed by atoms with Gasteiger partial charge in [0.2, 0.25) is 0 Å². The predicted molar refractivity (Wildman–Crippen MR) is 65.9 cm³/mol. The second-order valence-electron chi connectivity index (χ2n) is 3.86. The van der Waals surface area contributed by atoms with Gasteiger partial charge < -0.3 is 9.94 Å². The van der Waals surface area contributed by atoms with E-state index in [9.17, 15) is 10.0 Å². The van der Waals surface area contributed by atoms with Crippen LogP contribution in [0.4, 0.5) is 0 Å². The van der Waals surface area contributed by atoms with E-state index in [0.29, 0.717) is 6.42 Å². The lowest BCUT2D eigenvalue weighted by molar-refractivity contribution is -0.492. The number of nitrogens with zero attached hydrogens (tertiary/aromatic N) is 1. The second kappa shape index (κ2) is 6.68. The summed E-state index contributed by atoms with van der Waals surface area (Å²) < 4.78 is 5.40. The Morgan fingerprint density at radius 1 is 1.47 bits per heavy atom. The van der Waals surface area contributed by atoms with Crippen LogP contribution in [-0.4, -0.2) is 30.1 Å². The number of hydroxylamine groups is 1. The van der Waals surface area contributed by atoms with Gasteiger partial charge in [-0.15, -0.1) is 0 Å². The molecule has 0 amide bonds. The van der Waals surface area contributed by atoms with Gasteiger partial charge in [0.1, 0.15) is 0 Å². The Bertz CT molecular complexity index is 387. The van der Waals surface area contributed by atoms with E-state index in [1.165, 1.54) is 13.3 Å². The average Bonchev–Trinajstić information content (AvgIpc) is 2.36. The molecule has 0 aliphatic rings. The number of benzene rings is 1. The molecule has 1 aromatic carbocycles. The number of rotatable bonds is 5. The minimum atomic E-state index is -0.287. The Kier molecular flexibility index (Phi) is 5.20. The zero-order chi connectivity index (χ0) is 12.7. The Labute approximate surface area is 101 Å². The number of methoxy groups -OCH3 is 1. The molecule has 4 nitrogen and oxygen atoms in total. The summed E-state index contributed by atoms with van der Waals surface area (Å²) in [6, 6.07) is 9.12. The van der Waals surface area contributed by atoms with Gasteiger partial charge in [0, 0.05) is 12.0 Å². The molecular formula is C13H17NO3. The molecule has 0 saturated carbocycles. The highest BCUT2D eigenvalue weighted by Crippen LogP contribution is 2.03. The molecule has 1 aromatic rings. The zero-order valence-corrected chi connectivity index (χ0v) is 10.1. The van der Waals surface area contributed by atoms with Crippen LogP contribution in [0.15, 0.2) is 30.3 Å². The molecule has 0 aromatic heterocycles. The van der Waals surface area contributed by atoms with Crippen molar-refractivity contribution in [2.75, 3.05) is 7.11 Å². The van der Waals surface area contributed by atoms with E-state index in [2.05, 4.69) is 4.74 Å². The summed E-state index contributed by atoms with van der Waals surface area (Å²) in [5.74, 6) is -0.287.